The summed E-state index contributed by atoms with van der Waals surface area (Å²) in [4.78, 5) is 15.7. The molecule has 2 aliphatic heterocycles. The van der Waals surface area contributed by atoms with Gasteiger partial charge in [0, 0.05) is 49.1 Å². The second-order valence-corrected chi connectivity index (χ2v) is 10.3. The van der Waals surface area contributed by atoms with Crippen molar-refractivity contribution < 1.29 is 52.2 Å². The predicted molar refractivity (Wildman–Crippen MR) is 160 cm³/mol. The molecule has 0 bridgehead atoms. The molecule has 1 N–H and O–H groups in total. The zero-order chi connectivity index (χ0) is 30.8. The molecule has 44 heavy (non-hydrogen) atoms. The van der Waals surface area contributed by atoms with Gasteiger partial charge in [0.1, 0.15) is 5.58 Å². The van der Waals surface area contributed by atoms with Crippen LogP contribution in [0.2, 0.25) is 0 Å². The lowest BCUT2D eigenvalue weighted by molar-refractivity contribution is -0.172. The summed E-state index contributed by atoms with van der Waals surface area (Å²) in [6.07, 6.45) is 3.59. The van der Waals surface area contributed by atoms with Gasteiger partial charge in [0.05, 0.1) is 85.5 Å². The molecule has 1 aromatic heterocycles. The molecule has 3 heterocycles. The fourth-order valence-electron chi connectivity index (χ4n) is 5.23. The highest BCUT2D eigenvalue weighted by atomic mass is 16.7. The molecule has 1 saturated heterocycles. The van der Waals surface area contributed by atoms with Crippen molar-refractivity contribution in [2.24, 2.45) is 5.92 Å². The fraction of sp³-hybridized carbons (Fsp3) is 0.656. The lowest BCUT2D eigenvalue weighted by Gasteiger charge is -2.37. The van der Waals surface area contributed by atoms with Crippen LogP contribution >= 0.6 is 0 Å². The molecular weight excluding hydrogens is 574 g/mol. The van der Waals surface area contributed by atoms with Crippen LogP contribution in [0.4, 0.5) is 0 Å². The predicted octanol–water partition coefficient (Wildman–Crippen LogP) is 2.73. The minimum Gasteiger partial charge on any atom is -0.464 e. The first-order valence-corrected chi connectivity index (χ1v) is 15.6. The molecule has 0 saturated carbocycles. The van der Waals surface area contributed by atoms with Gasteiger partial charge in [-0.05, 0) is 25.5 Å². The van der Waals surface area contributed by atoms with Crippen LogP contribution in [0, 0.1) is 5.92 Å². The standard InChI is InChI=1S/C32H47NO11/c1-2-42-32-26(7-11-36-15-18-39-14-10-34)27(28-24-43-29-6-4-3-5-25(28)29)23-30(44-32)31(35)33-8-12-37-16-19-40-21-22-41-20-17-38-13-9-33/h3-6,23-24,26-27,32,34H,2,7-22H2,1H3. The third-order valence-corrected chi connectivity index (χ3v) is 7.41. The average molecular weight is 622 g/mol. The van der Waals surface area contributed by atoms with E-state index in [1.54, 1.807) is 11.2 Å². The zero-order valence-electron chi connectivity index (χ0n) is 25.7. The van der Waals surface area contributed by atoms with Gasteiger partial charge in [-0.1, -0.05) is 18.2 Å². The number of hydrogen-bond donors (Lipinski definition) is 1. The molecule has 1 aromatic carbocycles. The molecule has 2 aliphatic rings. The molecular formula is C32H47NO11. The van der Waals surface area contributed by atoms with Gasteiger partial charge in [-0.25, -0.2) is 0 Å². The van der Waals surface area contributed by atoms with E-state index in [1.165, 1.54) is 0 Å². The van der Waals surface area contributed by atoms with Crippen molar-refractivity contribution in [2.75, 3.05) is 106 Å². The van der Waals surface area contributed by atoms with E-state index in [4.69, 9.17) is 47.4 Å². The first kappa shape index (κ1) is 34.3. The average Bonchev–Trinajstić information content (AvgIpc) is 3.47. The van der Waals surface area contributed by atoms with Crippen LogP contribution in [0.25, 0.3) is 11.0 Å². The van der Waals surface area contributed by atoms with E-state index in [0.29, 0.717) is 98.8 Å². The number of carbonyl (C=O) groups is 1. The normalized spacial score (nSPS) is 23.0. The minimum atomic E-state index is -0.679. The summed E-state index contributed by atoms with van der Waals surface area (Å²) in [5.41, 5.74) is 1.73. The van der Waals surface area contributed by atoms with Gasteiger partial charge >= 0.3 is 0 Å². The number of amides is 1. The minimum absolute atomic E-state index is 0.0232. The number of ether oxygens (including phenoxy) is 8. The largest absolute Gasteiger partial charge is 0.464 e. The first-order valence-electron chi connectivity index (χ1n) is 15.6. The topological polar surface area (TPSA) is 128 Å². The number of fused-ring (bicyclic) bond motifs is 1. The van der Waals surface area contributed by atoms with Crippen molar-refractivity contribution in [1.29, 1.82) is 0 Å². The number of aliphatic hydroxyl groups is 1. The number of rotatable bonds is 12. The molecule has 246 valence electrons. The van der Waals surface area contributed by atoms with Gasteiger partial charge in [0.25, 0.3) is 5.91 Å². The molecule has 3 atom stereocenters. The number of allylic oxidation sites excluding steroid dienone is 1. The van der Waals surface area contributed by atoms with E-state index in [1.807, 2.05) is 37.3 Å². The smallest absolute Gasteiger partial charge is 0.288 e. The molecule has 1 fully saturated rings. The summed E-state index contributed by atoms with van der Waals surface area (Å²) in [5.74, 6) is -0.423. The summed E-state index contributed by atoms with van der Waals surface area (Å²) >= 11 is 0. The number of furan rings is 1. The van der Waals surface area contributed by atoms with Gasteiger partial charge in [0.2, 0.25) is 6.29 Å². The SMILES string of the molecule is CCOC1OC(C(=O)N2CCOCCOCCOCCOCC2)=CC(c2coc3ccccc23)C1CCOCCOCCO. The lowest BCUT2D eigenvalue weighted by Crippen LogP contribution is -2.43. The van der Waals surface area contributed by atoms with E-state index in [0.717, 1.165) is 16.5 Å². The molecule has 3 unspecified atom stereocenters. The molecule has 4 rings (SSSR count). The van der Waals surface area contributed by atoms with Crippen LogP contribution in [0.3, 0.4) is 0 Å². The Labute approximate surface area is 259 Å². The summed E-state index contributed by atoms with van der Waals surface area (Å²) in [7, 11) is 0. The van der Waals surface area contributed by atoms with E-state index in [-0.39, 0.29) is 36.7 Å². The Bertz CT molecular complexity index is 1110. The van der Waals surface area contributed by atoms with Gasteiger partial charge in [-0.3, -0.25) is 4.79 Å². The van der Waals surface area contributed by atoms with E-state index in [2.05, 4.69) is 0 Å². The number of para-hydroxylation sites is 1. The molecule has 12 heteroatoms. The summed E-state index contributed by atoms with van der Waals surface area (Å²) in [5, 5.41) is 9.88. The second-order valence-electron chi connectivity index (χ2n) is 10.3. The van der Waals surface area contributed by atoms with E-state index < -0.39 is 6.29 Å². The van der Waals surface area contributed by atoms with Crippen molar-refractivity contribution in [2.45, 2.75) is 25.6 Å². The Kier molecular flexibility index (Phi) is 15.4. The molecule has 12 nitrogen and oxygen atoms in total. The Morgan fingerprint density at radius 2 is 1.52 bits per heavy atom. The van der Waals surface area contributed by atoms with Crippen molar-refractivity contribution >= 4 is 16.9 Å². The third-order valence-electron chi connectivity index (χ3n) is 7.41. The Hall–Kier alpha value is -2.55. The van der Waals surface area contributed by atoms with Crippen LogP contribution in [-0.4, -0.2) is 128 Å². The van der Waals surface area contributed by atoms with Gasteiger partial charge in [-0.2, -0.15) is 0 Å². The number of aliphatic hydroxyl groups excluding tert-OH is 1. The first-order chi connectivity index (χ1) is 21.7. The van der Waals surface area contributed by atoms with Crippen molar-refractivity contribution in [1.82, 2.24) is 4.90 Å². The van der Waals surface area contributed by atoms with Crippen molar-refractivity contribution in [3.05, 3.63) is 47.9 Å². The molecule has 0 aliphatic carbocycles. The number of carbonyl (C=O) groups excluding carboxylic acids is 1. The highest BCUT2D eigenvalue weighted by molar-refractivity contribution is 5.92. The maximum absolute atomic E-state index is 14.0. The maximum atomic E-state index is 14.0. The molecule has 2 aromatic rings. The Morgan fingerprint density at radius 1 is 0.886 bits per heavy atom. The van der Waals surface area contributed by atoms with E-state index >= 15 is 0 Å². The quantitative estimate of drug-likeness (QED) is 0.352. The molecule has 0 radical (unpaired) electrons. The van der Waals surface area contributed by atoms with Crippen LogP contribution in [0.1, 0.15) is 24.8 Å². The Balaban J connectivity index is 1.54. The van der Waals surface area contributed by atoms with Crippen LogP contribution in [0.15, 0.2) is 46.8 Å². The van der Waals surface area contributed by atoms with Crippen molar-refractivity contribution in [3.8, 4) is 0 Å². The monoisotopic (exact) mass is 621 g/mol. The molecule has 1 amide bonds. The Morgan fingerprint density at radius 3 is 2.18 bits per heavy atom. The second kappa shape index (κ2) is 19.8. The maximum Gasteiger partial charge on any atom is 0.288 e. The summed E-state index contributed by atoms with van der Waals surface area (Å²) in [6, 6.07) is 7.85. The van der Waals surface area contributed by atoms with E-state index in [9.17, 15) is 4.79 Å². The van der Waals surface area contributed by atoms with Gasteiger partial charge in [0.15, 0.2) is 5.76 Å². The van der Waals surface area contributed by atoms with Crippen LogP contribution in [0.5, 0.6) is 0 Å². The van der Waals surface area contributed by atoms with Crippen LogP contribution < -0.4 is 0 Å². The van der Waals surface area contributed by atoms with Gasteiger partial charge < -0.3 is 52.3 Å². The molecule has 0 spiro atoms. The summed E-state index contributed by atoms with van der Waals surface area (Å²) < 4.78 is 52.0. The lowest BCUT2D eigenvalue weighted by atomic mass is 9.81. The highest BCUT2D eigenvalue weighted by Gasteiger charge is 2.40. The van der Waals surface area contributed by atoms with Crippen molar-refractivity contribution in [3.63, 3.8) is 0 Å². The van der Waals surface area contributed by atoms with Crippen LogP contribution in [-0.2, 0) is 42.7 Å². The number of benzene rings is 1. The highest BCUT2D eigenvalue weighted by Crippen LogP contribution is 2.42. The zero-order valence-corrected chi connectivity index (χ0v) is 25.7. The number of hydrogen-bond acceptors (Lipinski definition) is 11. The third kappa shape index (κ3) is 10.5. The van der Waals surface area contributed by atoms with Gasteiger partial charge in [-0.15, -0.1) is 0 Å². The number of nitrogens with zero attached hydrogens (tertiary/aromatic N) is 1. The summed E-state index contributed by atoms with van der Waals surface area (Å²) in [6.45, 7) is 8.03. The fourth-order valence-corrected chi connectivity index (χ4v) is 5.23.